The lowest BCUT2D eigenvalue weighted by molar-refractivity contribution is -0.120. The van der Waals surface area contributed by atoms with Crippen molar-refractivity contribution in [2.45, 2.75) is 32.2 Å². The average Bonchev–Trinajstić information content (AvgIpc) is 3.16. The maximum atomic E-state index is 12.9. The molecule has 7 nitrogen and oxygen atoms in total. The molecule has 1 aliphatic heterocycles. The van der Waals surface area contributed by atoms with Crippen molar-refractivity contribution in [3.63, 3.8) is 0 Å². The minimum Gasteiger partial charge on any atom is -0.337 e. The number of aromatic nitrogens is 3. The first kappa shape index (κ1) is 18.9. The molecule has 0 fully saturated rings. The van der Waals surface area contributed by atoms with E-state index < -0.39 is 11.9 Å². The van der Waals surface area contributed by atoms with Gasteiger partial charge < -0.3 is 10.2 Å². The Morgan fingerprint density at radius 2 is 2.03 bits per heavy atom. The fourth-order valence-corrected chi connectivity index (χ4v) is 3.60. The van der Waals surface area contributed by atoms with Crippen LogP contribution in [0.1, 0.15) is 39.6 Å². The Balaban J connectivity index is 1.45. The molecule has 0 unspecified atom stereocenters. The van der Waals surface area contributed by atoms with Crippen LogP contribution in [0.15, 0.2) is 48.5 Å². The van der Waals surface area contributed by atoms with Crippen molar-refractivity contribution >= 4 is 17.5 Å². The SMILES string of the molecule is Cc1ccc2c(c1)N(C)C(=O)[C@@H](NC(=O)c1n[nH]c(Cc3ccccc3)n1)CC2. The van der Waals surface area contributed by atoms with Crippen LogP contribution >= 0.6 is 0 Å². The van der Waals surface area contributed by atoms with Crippen LogP contribution in [0.4, 0.5) is 5.69 Å². The van der Waals surface area contributed by atoms with Gasteiger partial charge in [-0.1, -0.05) is 42.5 Å². The summed E-state index contributed by atoms with van der Waals surface area (Å²) in [6.45, 7) is 2.00. The number of rotatable bonds is 4. The van der Waals surface area contributed by atoms with Gasteiger partial charge >= 0.3 is 0 Å². The van der Waals surface area contributed by atoms with Crippen molar-refractivity contribution in [1.29, 1.82) is 0 Å². The van der Waals surface area contributed by atoms with Crippen molar-refractivity contribution in [2.75, 3.05) is 11.9 Å². The van der Waals surface area contributed by atoms with Crippen LogP contribution in [0.2, 0.25) is 0 Å². The van der Waals surface area contributed by atoms with E-state index in [9.17, 15) is 9.59 Å². The van der Waals surface area contributed by atoms with Crippen molar-refractivity contribution < 1.29 is 9.59 Å². The maximum absolute atomic E-state index is 12.9. The summed E-state index contributed by atoms with van der Waals surface area (Å²) in [5.74, 6) is 0.0646. The van der Waals surface area contributed by atoms with Crippen molar-refractivity contribution in [1.82, 2.24) is 20.5 Å². The molecule has 4 rings (SSSR count). The smallest absolute Gasteiger partial charge is 0.291 e. The van der Waals surface area contributed by atoms with Gasteiger partial charge in [0.15, 0.2) is 0 Å². The predicted molar refractivity (Wildman–Crippen MR) is 110 cm³/mol. The number of carbonyl (C=O) groups excluding carboxylic acids is 2. The van der Waals surface area contributed by atoms with Crippen LogP contribution in [-0.2, 0) is 17.6 Å². The second kappa shape index (κ2) is 7.87. The normalized spacial score (nSPS) is 16.3. The molecule has 0 aliphatic carbocycles. The number of likely N-dealkylation sites (N-methyl/N-ethyl adjacent to an activating group) is 1. The zero-order valence-electron chi connectivity index (χ0n) is 16.5. The third kappa shape index (κ3) is 4.03. The molecule has 148 valence electrons. The highest BCUT2D eigenvalue weighted by molar-refractivity contribution is 6.02. The Hall–Kier alpha value is -3.48. The number of aromatic amines is 1. The highest BCUT2D eigenvalue weighted by atomic mass is 16.2. The van der Waals surface area contributed by atoms with Gasteiger partial charge in [0.05, 0.1) is 0 Å². The Morgan fingerprint density at radius 3 is 2.83 bits per heavy atom. The Kier molecular flexibility index (Phi) is 5.12. The van der Waals surface area contributed by atoms with Gasteiger partial charge in [-0.15, -0.1) is 5.10 Å². The molecule has 1 aliphatic rings. The fourth-order valence-electron chi connectivity index (χ4n) is 3.60. The molecule has 0 spiro atoms. The first-order chi connectivity index (χ1) is 14.0. The summed E-state index contributed by atoms with van der Waals surface area (Å²) >= 11 is 0. The summed E-state index contributed by atoms with van der Waals surface area (Å²) in [5.41, 5.74) is 4.17. The summed E-state index contributed by atoms with van der Waals surface area (Å²) in [5, 5.41) is 9.64. The Labute approximate surface area is 169 Å². The summed E-state index contributed by atoms with van der Waals surface area (Å²) in [6.07, 6.45) is 1.80. The molecule has 0 saturated heterocycles. The monoisotopic (exact) mass is 389 g/mol. The number of aryl methyl sites for hydroxylation is 2. The first-order valence-electron chi connectivity index (χ1n) is 9.64. The zero-order chi connectivity index (χ0) is 20.4. The van der Waals surface area contributed by atoms with Gasteiger partial charge in [0.25, 0.3) is 5.91 Å². The van der Waals surface area contributed by atoms with Gasteiger partial charge in [-0.2, -0.15) is 0 Å². The van der Waals surface area contributed by atoms with E-state index in [0.717, 1.165) is 22.4 Å². The molecule has 2 amide bonds. The molecule has 0 bridgehead atoms. The van der Waals surface area contributed by atoms with Crippen LogP contribution in [0.25, 0.3) is 0 Å². The minimum atomic E-state index is -0.615. The van der Waals surface area contributed by atoms with Crippen LogP contribution < -0.4 is 10.2 Å². The zero-order valence-corrected chi connectivity index (χ0v) is 16.5. The van der Waals surface area contributed by atoms with Gasteiger partial charge in [-0.05, 0) is 42.5 Å². The number of nitrogens with zero attached hydrogens (tertiary/aromatic N) is 3. The molecular weight excluding hydrogens is 366 g/mol. The molecular formula is C22H23N5O2. The molecule has 1 atom stereocenters. The number of hydrogen-bond acceptors (Lipinski definition) is 4. The highest BCUT2D eigenvalue weighted by Gasteiger charge is 2.30. The van der Waals surface area contributed by atoms with Crippen molar-refractivity contribution in [2.24, 2.45) is 0 Å². The van der Waals surface area contributed by atoms with E-state index in [1.165, 1.54) is 0 Å². The molecule has 1 aromatic heterocycles. The molecule has 29 heavy (non-hydrogen) atoms. The number of amides is 2. The molecule has 3 aromatic rings. The van der Waals surface area contributed by atoms with Crippen molar-refractivity contribution in [3.8, 4) is 0 Å². The average molecular weight is 389 g/mol. The van der Waals surface area contributed by atoms with E-state index in [1.54, 1.807) is 11.9 Å². The van der Waals surface area contributed by atoms with E-state index in [-0.39, 0.29) is 11.7 Å². The molecule has 7 heteroatoms. The van der Waals surface area contributed by atoms with E-state index in [2.05, 4.69) is 20.5 Å². The van der Waals surface area contributed by atoms with Gasteiger partial charge in [-0.25, -0.2) is 4.98 Å². The number of nitrogens with one attached hydrogen (secondary N) is 2. The lowest BCUT2D eigenvalue weighted by atomic mass is 10.0. The first-order valence-corrected chi connectivity index (χ1v) is 9.64. The number of carbonyl (C=O) groups is 2. The van der Waals surface area contributed by atoms with Gasteiger partial charge in [0.2, 0.25) is 11.7 Å². The number of anilines is 1. The third-order valence-electron chi connectivity index (χ3n) is 5.19. The topological polar surface area (TPSA) is 91.0 Å². The Bertz CT molecular complexity index is 1040. The molecule has 0 saturated carbocycles. The Morgan fingerprint density at radius 1 is 1.24 bits per heavy atom. The number of fused-ring (bicyclic) bond motifs is 1. The summed E-state index contributed by atoms with van der Waals surface area (Å²) in [4.78, 5) is 31.4. The minimum absolute atomic E-state index is 0.0454. The third-order valence-corrected chi connectivity index (χ3v) is 5.19. The fraction of sp³-hybridized carbons (Fsp3) is 0.273. The second-order valence-electron chi connectivity index (χ2n) is 7.36. The highest BCUT2D eigenvalue weighted by Crippen LogP contribution is 2.27. The van der Waals surface area contributed by atoms with Crippen molar-refractivity contribution in [3.05, 3.63) is 76.9 Å². The molecule has 0 radical (unpaired) electrons. The van der Waals surface area contributed by atoms with Crippen LogP contribution in [0.5, 0.6) is 0 Å². The van der Waals surface area contributed by atoms with Crippen LogP contribution in [-0.4, -0.2) is 40.1 Å². The quantitative estimate of drug-likeness (QED) is 0.717. The molecule has 2 aromatic carbocycles. The second-order valence-corrected chi connectivity index (χ2v) is 7.36. The molecule has 2 N–H and O–H groups in total. The van der Waals surface area contributed by atoms with E-state index in [0.29, 0.717) is 25.1 Å². The lowest BCUT2D eigenvalue weighted by Gasteiger charge is -2.22. The number of H-pyrrole nitrogens is 1. The predicted octanol–water partition coefficient (Wildman–Crippen LogP) is 2.41. The number of benzene rings is 2. The lowest BCUT2D eigenvalue weighted by Crippen LogP contribution is -2.47. The van der Waals surface area contributed by atoms with Gasteiger partial charge in [-0.3, -0.25) is 14.7 Å². The van der Waals surface area contributed by atoms with E-state index >= 15 is 0 Å². The van der Waals surface area contributed by atoms with Gasteiger partial charge in [0.1, 0.15) is 11.9 Å². The van der Waals surface area contributed by atoms with Crippen LogP contribution in [0, 0.1) is 6.92 Å². The van der Waals surface area contributed by atoms with Crippen LogP contribution in [0.3, 0.4) is 0 Å². The maximum Gasteiger partial charge on any atom is 0.291 e. The standard InChI is InChI=1S/C22H23N5O2/c1-14-8-9-16-10-11-17(22(29)27(2)18(16)12-14)23-21(28)20-24-19(25-26-20)13-15-6-4-3-5-7-15/h3-9,12,17H,10-11,13H2,1-2H3,(H,23,28)(H,24,25,26)/t17-/m0/s1. The summed E-state index contributed by atoms with van der Waals surface area (Å²) in [6, 6.07) is 15.3. The summed E-state index contributed by atoms with van der Waals surface area (Å²) < 4.78 is 0. The largest absolute Gasteiger partial charge is 0.337 e. The van der Waals surface area contributed by atoms with E-state index in [4.69, 9.17) is 0 Å². The summed E-state index contributed by atoms with van der Waals surface area (Å²) in [7, 11) is 1.75. The van der Waals surface area contributed by atoms with Gasteiger partial charge in [0, 0.05) is 19.2 Å². The molecule has 2 heterocycles. The number of hydrogen-bond donors (Lipinski definition) is 2. The van der Waals surface area contributed by atoms with E-state index in [1.807, 2.05) is 55.5 Å².